The third kappa shape index (κ3) is 2.94. The van der Waals surface area contributed by atoms with Crippen LogP contribution in [0.15, 0.2) is 0 Å². The zero-order valence-electron chi connectivity index (χ0n) is 11.9. The van der Waals surface area contributed by atoms with E-state index < -0.39 is 5.97 Å². The molecule has 0 amide bonds. The third-order valence-corrected chi connectivity index (χ3v) is 3.52. The maximum atomic E-state index is 11.8. The Hall–Kier alpha value is -1.60. The third-order valence-electron chi connectivity index (χ3n) is 3.52. The molecule has 1 aliphatic heterocycles. The number of methoxy groups -OCH3 is 2. The summed E-state index contributed by atoms with van der Waals surface area (Å²) in [5.41, 5.74) is 7.15. The molecular weight excluding hydrogens is 262 g/mol. The van der Waals surface area contributed by atoms with Crippen molar-refractivity contribution >= 4 is 11.8 Å². The molecule has 0 atom stereocenters. The molecule has 7 heteroatoms. The Kier molecular flexibility index (Phi) is 4.97. The molecule has 0 aliphatic carbocycles. The first-order valence-corrected chi connectivity index (χ1v) is 6.70. The van der Waals surface area contributed by atoms with Crippen LogP contribution in [0.2, 0.25) is 0 Å². The second-order valence-corrected chi connectivity index (χ2v) is 4.73. The van der Waals surface area contributed by atoms with Gasteiger partial charge in [-0.15, -0.1) is 0 Å². The summed E-state index contributed by atoms with van der Waals surface area (Å²) in [5.74, 6) is 0.0583. The molecule has 2 N–H and O–H groups in total. The van der Waals surface area contributed by atoms with Crippen LogP contribution in [0.3, 0.4) is 0 Å². The molecule has 0 unspecified atom stereocenters. The molecule has 0 spiro atoms. The lowest BCUT2D eigenvalue weighted by Crippen LogP contribution is -2.22. The number of carbonyl (C=O) groups excluding carboxylic acids is 1. The van der Waals surface area contributed by atoms with Crippen LogP contribution in [0.1, 0.15) is 34.9 Å². The van der Waals surface area contributed by atoms with Crippen LogP contribution < -0.4 is 5.73 Å². The molecule has 1 fully saturated rings. The lowest BCUT2D eigenvalue weighted by molar-refractivity contribution is 0.0582. The van der Waals surface area contributed by atoms with Crippen molar-refractivity contribution in [2.24, 2.45) is 0 Å². The van der Waals surface area contributed by atoms with Crippen LogP contribution in [0.5, 0.6) is 0 Å². The largest absolute Gasteiger partial charge is 0.464 e. The highest BCUT2D eigenvalue weighted by Gasteiger charge is 2.26. The van der Waals surface area contributed by atoms with Gasteiger partial charge in [-0.1, -0.05) is 0 Å². The molecule has 112 valence electrons. The van der Waals surface area contributed by atoms with Crippen LogP contribution >= 0.6 is 0 Å². The number of hydrogen-bond donors (Lipinski definition) is 1. The minimum Gasteiger partial charge on any atom is -0.464 e. The monoisotopic (exact) mass is 283 g/mol. The Morgan fingerprint density at radius 3 is 2.75 bits per heavy atom. The number of carbonyl (C=O) groups is 1. The summed E-state index contributed by atoms with van der Waals surface area (Å²) < 4.78 is 16.9. The molecular formula is C13H21N3O4. The van der Waals surface area contributed by atoms with Gasteiger partial charge in [0.05, 0.1) is 19.8 Å². The van der Waals surface area contributed by atoms with Crippen LogP contribution in [0.25, 0.3) is 0 Å². The predicted molar refractivity (Wildman–Crippen MR) is 72.6 cm³/mol. The number of anilines is 1. The molecule has 0 saturated carbocycles. The molecule has 2 rings (SSSR count). The smallest absolute Gasteiger partial charge is 0.358 e. The van der Waals surface area contributed by atoms with Crippen molar-refractivity contribution < 1.29 is 19.0 Å². The van der Waals surface area contributed by atoms with Crippen LogP contribution in [0, 0.1) is 0 Å². The van der Waals surface area contributed by atoms with E-state index in [2.05, 4.69) is 5.10 Å². The van der Waals surface area contributed by atoms with E-state index in [4.69, 9.17) is 19.9 Å². The van der Waals surface area contributed by atoms with E-state index in [0.717, 1.165) is 12.8 Å². The van der Waals surface area contributed by atoms with E-state index in [-0.39, 0.29) is 11.7 Å². The highest BCUT2D eigenvalue weighted by atomic mass is 16.5. The lowest BCUT2D eigenvalue weighted by atomic mass is 10.1. The summed E-state index contributed by atoms with van der Waals surface area (Å²) in [6, 6.07) is 0.170. The number of aromatic nitrogens is 2. The SMILES string of the molecule is COCCc1c(C(=O)OC)nn(C2CCOCC2)c1N. The lowest BCUT2D eigenvalue weighted by Gasteiger charge is -2.23. The van der Waals surface area contributed by atoms with Gasteiger partial charge in [-0.25, -0.2) is 9.48 Å². The first kappa shape index (κ1) is 14.8. The maximum Gasteiger partial charge on any atom is 0.358 e. The fourth-order valence-electron chi connectivity index (χ4n) is 2.40. The van der Waals surface area contributed by atoms with E-state index >= 15 is 0 Å². The molecule has 0 bridgehead atoms. The van der Waals surface area contributed by atoms with Gasteiger partial charge in [0.15, 0.2) is 5.69 Å². The Balaban J connectivity index is 2.32. The Morgan fingerprint density at radius 1 is 1.45 bits per heavy atom. The quantitative estimate of drug-likeness (QED) is 0.804. The van der Waals surface area contributed by atoms with Gasteiger partial charge in [0.2, 0.25) is 0 Å². The highest BCUT2D eigenvalue weighted by Crippen LogP contribution is 2.27. The average molecular weight is 283 g/mol. The second-order valence-electron chi connectivity index (χ2n) is 4.73. The van der Waals surface area contributed by atoms with Gasteiger partial charge in [-0.2, -0.15) is 5.10 Å². The molecule has 1 aromatic heterocycles. The first-order chi connectivity index (χ1) is 9.69. The van der Waals surface area contributed by atoms with Crippen molar-refractivity contribution in [1.82, 2.24) is 9.78 Å². The summed E-state index contributed by atoms with van der Waals surface area (Å²) in [4.78, 5) is 11.8. The summed E-state index contributed by atoms with van der Waals surface area (Å²) in [7, 11) is 2.95. The minimum absolute atomic E-state index is 0.170. The molecule has 0 aromatic carbocycles. The Morgan fingerprint density at radius 2 is 2.15 bits per heavy atom. The highest BCUT2D eigenvalue weighted by molar-refractivity contribution is 5.90. The van der Waals surface area contributed by atoms with Crippen LogP contribution in [0.4, 0.5) is 5.82 Å². The molecule has 7 nitrogen and oxygen atoms in total. The van der Waals surface area contributed by atoms with E-state index in [9.17, 15) is 4.79 Å². The molecule has 2 heterocycles. The van der Waals surface area contributed by atoms with E-state index in [1.807, 2.05) is 0 Å². The molecule has 0 radical (unpaired) electrons. The van der Waals surface area contributed by atoms with E-state index in [1.54, 1.807) is 11.8 Å². The van der Waals surface area contributed by atoms with Crippen LogP contribution in [-0.4, -0.2) is 49.8 Å². The van der Waals surface area contributed by atoms with Gasteiger partial charge < -0.3 is 19.9 Å². The van der Waals surface area contributed by atoms with Crippen molar-refractivity contribution in [3.05, 3.63) is 11.3 Å². The van der Waals surface area contributed by atoms with Gasteiger partial charge >= 0.3 is 5.97 Å². The summed E-state index contributed by atoms with van der Waals surface area (Å²) in [5, 5.41) is 4.36. The number of hydrogen-bond acceptors (Lipinski definition) is 6. The van der Waals surface area contributed by atoms with Gasteiger partial charge in [-0.3, -0.25) is 0 Å². The maximum absolute atomic E-state index is 11.8. The van der Waals surface area contributed by atoms with E-state index in [1.165, 1.54) is 7.11 Å². The first-order valence-electron chi connectivity index (χ1n) is 6.70. The average Bonchev–Trinajstić information content (AvgIpc) is 2.82. The van der Waals surface area contributed by atoms with Crippen molar-refractivity contribution in [2.45, 2.75) is 25.3 Å². The zero-order chi connectivity index (χ0) is 14.5. The number of ether oxygens (including phenoxy) is 3. The van der Waals surface area contributed by atoms with Gasteiger partial charge in [0, 0.05) is 32.3 Å². The normalized spacial score (nSPS) is 16.3. The molecule has 1 aromatic rings. The Labute approximate surface area is 118 Å². The number of rotatable bonds is 5. The van der Waals surface area contributed by atoms with Gasteiger partial charge in [0.1, 0.15) is 5.82 Å². The predicted octanol–water partition coefficient (Wildman–Crippen LogP) is 0.792. The van der Waals surface area contributed by atoms with Crippen molar-refractivity contribution in [3.8, 4) is 0 Å². The number of nitrogens with two attached hydrogens (primary N) is 1. The fourth-order valence-corrected chi connectivity index (χ4v) is 2.40. The van der Waals surface area contributed by atoms with Gasteiger partial charge in [0.25, 0.3) is 0 Å². The second kappa shape index (κ2) is 6.71. The minimum atomic E-state index is -0.464. The Bertz CT molecular complexity index is 466. The number of nitrogen functional groups attached to an aromatic ring is 1. The molecule has 1 aliphatic rings. The van der Waals surface area contributed by atoms with Crippen LogP contribution in [-0.2, 0) is 20.6 Å². The fraction of sp³-hybridized carbons (Fsp3) is 0.692. The number of esters is 1. The molecule has 1 saturated heterocycles. The zero-order valence-corrected chi connectivity index (χ0v) is 11.9. The summed E-state index contributed by atoms with van der Waals surface area (Å²) >= 11 is 0. The van der Waals surface area contributed by atoms with Crippen molar-refractivity contribution in [3.63, 3.8) is 0 Å². The topological polar surface area (TPSA) is 88.6 Å². The van der Waals surface area contributed by atoms with E-state index in [0.29, 0.717) is 37.6 Å². The number of nitrogens with zero attached hydrogens (tertiary/aromatic N) is 2. The summed E-state index contributed by atoms with van der Waals surface area (Å²) in [6.07, 6.45) is 2.22. The van der Waals surface area contributed by atoms with Crippen molar-refractivity contribution in [2.75, 3.05) is 39.8 Å². The van der Waals surface area contributed by atoms with Crippen molar-refractivity contribution in [1.29, 1.82) is 0 Å². The standard InChI is InChI=1S/C13H21N3O4/c1-18-6-5-10-11(13(17)19-2)15-16(12(10)14)9-3-7-20-8-4-9/h9H,3-8,14H2,1-2H3. The summed E-state index contributed by atoms with van der Waals surface area (Å²) in [6.45, 7) is 1.85. The van der Waals surface area contributed by atoms with Gasteiger partial charge in [-0.05, 0) is 12.8 Å². The molecule has 20 heavy (non-hydrogen) atoms.